The highest BCUT2D eigenvalue weighted by molar-refractivity contribution is 5.20. The molecule has 2 aliphatic heterocycles. The van der Waals surface area contributed by atoms with Crippen molar-refractivity contribution in [3.8, 4) is 0 Å². The molecule has 2 aliphatic rings. The van der Waals surface area contributed by atoms with Crippen molar-refractivity contribution in [2.75, 3.05) is 26.7 Å². The van der Waals surface area contributed by atoms with Crippen molar-refractivity contribution in [2.24, 2.45) is 5.92 Å². The van der Waals surface area contributed by atoms with Gasteiger partial charge in [-0.05, 0) is 44.5 Å². The Morgan fingerprint density at radius 2 is 2.14 bits per heavy atom. The Bertz CT molecular complexity index is 417. The zero-order chi connectivity index (χ0) is 15.6. The van der Waals surface area contributed by atoms with Crippen LogP contribution in [0.1, 0.15) is 27.2 Å². The van der Waals surface area contributed by atoms with Gasteiger partial charge in [-0.3, -0.25) is 0 Å². The van der Waals surface area contributed by atoms with E-state index in [4.69, 9.17) is 4.74 Å². The van der Waals surface area contributed by atoms with E-state index >= 15 is 0 Å². The van der Waals surface area contributed by atoms with Gasteiger partial charge < -0.3 is 14.5 Å². The highest BCUT2D eigenvalue weighted by atomic mass is 19.3. The molecule has 1 saturated heterocycles. The summed E-state index contributed by atoms with van der Waals surface area (Å²) in [6.45, 7) is 6.55. The van der Waals surface area contributed by atoms with Crippen LogP contribution in [0.25, 0.3) is 0 Å². The number of piperidine rings is 1. The SMILES string of the molecule is CC1=CC=CN([C@@H]2CCN(C)C[C@H]2C)C1OCC(C)(F)F. The van der Waals surface area contributed by atoms with Crippen LogP contribution in [0, 0.1) is 5.92 Å². The maximum atomic E-state index is 13.1. The standard InChI is InChI=1S/C16H26F2N2O/c1-12-6-5-8-20(15(12)21-11-16(3,17)18)14-7-9-19(4)10-13(14)2/h5-6,8,13-15H,7,9-11H2,1-4H3/t13-,14-,15?/m1/s1. The highest BCUT2D eigenvalue weighted by Crippen LogP contribution is 2.29. The molecule has 21 heavy (non-hydrogen) atoms. The van der Waals surface area contributed by atoms with Crippen molar-refractivity contribution in [3.05, 3.63) is 23.9 Å². The highest BCUT2D eigenvalue weighted by Gasteiger charge is 2.35. The lowest BCUT2D eigenvalue weighted by Crippen LogP contribution is -2.52. The van der Waals surface area contributed by atoms with Gasteiger partial charge in [0.25, 0.3) is 5.92 Å². The van der Waals surface area contributed by atoms with E-state index in [1.165, 1.54) is 0 Å². The quantitative estimate of drug-likeness (QED) is 0.793. The second-order valence-electron chi connectivity index (χ2n) is 6.53. The van der Waals surface area contributed by atoms with Crippen LogP contribution < -0.4 is 0 Å². The summed E-state index contributed by atoms with van der Waals surface area (Å²) in [4.78, 5) is 4.44. The molecule has 2 rings (SSSR count). The Labute approximate surface area is 126 Å². The first-order valence-electron chi connectivity index (χ1n) is 7.58. The number of alkyl halides is 2. The first-order chi connectivity index (χ1) is 9.78. The van der Waals surface area contributed by atoms with Gasteiger partial charge >= 0.3 is 0 Å². The van der Waals surface area contributed by atoms with E-state index in [9.17, 15) is 8.78 Å². The normalized spacial score (nSPS) is 31.4. The van der Waals surface area contributed by atoms with Crippen LogP contribution in [0.3, 0.4) is 0 Å². The van der Waals surface area contributed by atoms with E-state index in [0.717, 1.165) is 32.0 Å². The number of hydrogen-bond acceptors (Lipinski definition) is 3. The summed E-state index contributed by atoms with van der Waals surface area (Å²) in [5.41, 5.74) is 0.980. The lowest BCUT2D eigenvalue weighted by Gasteiger charge is -2.45. The zero-order valence-electron chi connectivity index (χ0n) is 13.4. The molecule has 5 heteroatoms. The van der Waals surface area contributed by atoms with Crippen LogP contribution in [-0.2, 0) is 4.74 Å². The van der Waals surface area contributed by atoms with Crippen molar-refractivity contribution in [3.63, 3.8) is 0 Å². The van der Waals surface area contributed by atoms with Crippen molar-refractivity contribution >= 4 is 0 Å². The summed E-state index contributed by atoms with van der Waals surface area (Å²) >= 11 is 0. The maximum Gasteiger partial charge on any atom is 0.268 e. The summed E-state index contributed by atoms with van der Waals surface area (Å²) in [7, 11) is 2.12. The molecule has 0 saturated carbocycles. The van der Waals surface area contributed by atoms with E-state index in [-0.39, 0.29) is 6.23 Å². The minimum absolute atomic E-state index is 0.330. The second-order valence-corrected chi connectivity index (χ2v) is 6.53. The first-order valence-corrected chi connectivity index (χ1v) is 7.58. The fourth-order valence-corrected chi connectivity index (χ4v) is 3.20. The van der Waals surface area contributed by atoms with E-state index in [1.54, 1.807) is 0 Å². The molecule has 0 aliphatic carbocycles. The Kier molecular flexibility index (Phi) is 5.04. The van der Waals surface area contributed by atoms with Crippen molar-refractivity contribution in [1.29, 1.82) is 0 Å². The molecule has 120 valence electrons. The summed E-state index contributed by atoms with van der Waals surface area (Å²) < 4.78 is 31.8. The van der Waals surface area contributed by atoms with Crippen molar-refractivity contribution in [1.82, 2.24) is 9.80 Å². The van der Waals surface area contributed by atoms with Crippen LogP contribution in [0.2, 0.25) is 0 Å². The van der Waals surface area contributed by atoms with Gasteiger partial charge in [0.1, 0.15) is 6.61 Å². The third-order valence-corrected chi connectivity index (χ3v) is 4.22. The molecule has 0 amide bonds. The number of hydrogen-bond donors (Lipinski definition) is 0. The van der Waals surface area contributed by atoms with Crippen molar-refractivity contribution < 1.29 is 13.5 Å². The van der Waals surface area contributed by atoms with Gasteiger partial charge in [0, 0.05) is 25.7 Å². The van der Waals surface area contributed by atoms with Crippen molar-refractivity contribution in [2.45, 2.75) is 45.4 Å². The smallest absolute Gasteiger partial charge is 0.268 e. The van der Waals surface area contributed by atoms with Gasteiger partial charge in [-0.2, -0.15) is 0 Å². The van der Waals surface area contributed by atoms with E-state index in [2.05, 4.69) is 23.8 Å². The Morgan fingerprint density at radius 3 is 2.76 bits per heavy atom. The molecule has 0 aromatic carbocycles. The minimum Gasteiger partial charge on any atom is -0.348 e. The Morgan fingerprint density at radius 1 is 1.43 bits per heavy atom. The number of rotatable bonds is 4. The van der Waals surface area contributed by atoms with Gasteiger partial charge in [-0.15, -0.1) is 0 Å². The molecule has 0 aromatic heterocycles. The maximum absolute atomic E-state index is 13.1. The molecule has 1 unspecified atom stereocenters. The number of nitrogens with zero attached hydrogens (tertiary/aromatic N) is 2. The fraction of sp³-hybridized carbons (Fsp3) is 0.750. The molecule has 0 radical (unpaired) electrons. The second kappa shape index (κ2) is 6.44. The lowest BCUT2D eigenvalue weighted by atomic mass is 9.91. The number of allylic oxidation sites excluding steroid dienone is 2. The summed E-state index contributed by atoms with van der Waals surface area (Å²) in [5, 5.41) is 0. The predicted octanol–water partition coefficient (Wildman–Crippen LogP) is 3.10. The molecule has 0 N–H and O–H groups in total. The monoisotopic (exact) mass is 300 g/mol. The summed E-state index contributed by atoms with van der Waals surface area (Å²) in [6, 6.07) is 0.330. The molecular formula is C16H26F2N2O. The molecule has 0 bridgehead atoms. The average Bonchev–Trinajstić information content (AvgIpc) is 2.36. The van der Waals surface area contributed by atoms with E-state index < -0.39 is 12.5 Å². The first kappa shape index (κ1) is 16.4. The van der Waals surface area contributed by atoms with Crippen LogP contribution in [0.5, 0.6) is 0 Å². The van der Waals surface area contributed by atoms with E-state index in [1.807, 2.05) is 25.3 Å². The van der Waals surface area contributed by atoms with Gasteiger partial charge in [0.15, 0.2) is 6.23 Å². The molecule has 3 atom stereocenters. The van der Waals surface area contributed by atoms with Crippen LogP contribution in [0.4, 0.5) is 8.78 Å². The average molecular weight is 300 g/mol. The van der Waals surface area contributed by atoms with E-state index in [0.29, 0.717) is 12.0 Å². The van der Waals surface area contributed by atoms with Gasteiger partial charge in [-0.1, -0.05) is 13.0 Å². The Hall–Kier alpha value is -0.940. The van der Waals surface area contributed by atoms with Gasteiger partial charge in [0.2, 0.25) is 0 Å². The molecule has 2 heterocycles. The predicted molar refractivity (Wildman–Crippen MR) is 80.2 cm³/mol. The minimum atomic E-state index is -2.80. The molecule has 1 fully saturated rings. The number of likely N-dealkylation sites (tertiary alicyclic amines) is 1. The largest absolute Gasteiger partial charge is 0.348 e. The van der Waals surface area contributed by atoms with Crippen LogP contribution >= 0.6 is 0 Å². The number of ether oxygens (including phenoxy) is 1. The molecule has 0 aromatic rings. The number of halogens is 2. The fourth-order valence-electron chi connectivity index (χ4n) is 3.20. The molecular weight excluding hydrogens is 274 g/mol. The molecule has 0 spiro atoms. The topological polar surface area (TPSA) is 15.7 Å². The van der Waals surface area contributed by atoms with Gasteiger partial charge in [-0.25, -0.2) is 8.78 Å². The zero-order valence-corrected chi connectivity index (χ0v) is 13.4. The third-order valence-electron chi connectivity index (χ3n) is 4.22. The lowest BCUT2D eigenvalue weighted by molar-refractivity contribution is -0.122. The van der Waals surface area contributed by atoms with Crippen LogP contribution in [0.15, 0.2) is 23.9 Å². The van der Waals surface area contributed by atoms with Crippen LogP contribution in [-0.4, -0.2) is 54.7 Å². The molecule has 3 nitrogen and oxygen atoms in total. The summed E-state index contributed by atoms with van der Waals surface area (Å²) in [6.07, 6.45) is 6.55. The van der Waals surface area contributed by atoms with Gasteiger partial charge in [0.05, 0.1) is 0 Å². The summed E-state index contributed by atoms with van der Waals surface area (Å²) in [5.74, 6) is -2.32. The third kappa shape index (κ3) is 4.27. The Balaban J connectivity index is 2.08.